The lowest BCUT2D eigenvalue weighted by molar-refractivity contribution is 0.109. The number of nitrogens with zero attached hydrogens (tertiary/aromatic N) is 1. The zero-order chi connectivity index (χ0) is 12.4. The Balaban J connectivity index is 2.23. The quantitative estimate of drug-likeness (QED) is 0.896. The van der Waals surface area contributed by atoms with E-state index < -0.39 is 0 Å². The van der Waals surface area contributed by atoms with Gasteiger partial charge in [-0.05, 0) is 48.3 Å². The summed E-state index contributed by atoms with van der Waals surface area (Å²) >= 11 is 5.23. The van der Waals surface area contributed by atoms with Crippen LogP contribution in [0.3, 0.4) is 0 Å². The molecule has 0 radical (unpaired) electrons. The number of hydrogen-bond acceptors (Lipinski definition) is 4. The van der Waals surface area contributed by atoms with Gasteiger partial charge in [0.1, 0.15) is 0 Å². The molecule has 1 aromatic heterocycles. The van der Waals surface area contributed by atoms with Crippen molar-refractivity contribution in [2.24, 2.45) is 5.73 Å². The fraction of sp³-hybridized carbons (Fsp3) is 0.667. The van der Waals surface area contributed by atoms with Crippen molar-refractivity contribution in [2.75, 3.05) is 13.2 Å². The van der Waals surface area contributed by atoms with Crippen LogP contribution in [0.1, 0.15) is 30.7 Å². The molecule has 17 heavy (non-hydrogen) atoms. The molecule has 0 bridgehead atoms. The lowest BCUT2D eigenvalue weighted by atomic mass is 10.1. The minimum Gasteiger partial charge on any atom is -0.395 e. The first-order chi connectivity index (χ1) is 8.13. The predicted octanol–water partition coefficient (Wildman–Crippen LogP) is 2.36. The molecule has 3 atom stereocenters. The van der Waals surface area contributed by atoms with Crippen LogP contribution in [0.5, 0.6) is 0 Å². The highest BCUT2D eigenvalue weighted by Gasteiger charge is 2.33. The van der Waals surface area contributed by atoms with E-state index in [1.807, 2.05) is 6.92 Å². The smallest absolute Gasteiger partial charge is 0.0594 e. The van der Waals surface area contributed by atoms with Gasteiger partial charge in [-0.15, -0.1) is 11.3 Å². The third-order valence-corrected chi connectivity index (χ3v) is 5.13. The molecule has 0 aliphatic carbocycles. The second-order valence-corrected chi connectivity index (χ2v) is 6.55. The molecule has 0 amide bonds. The maximum Gasteiger partial charge on any atom is 0.0594 e. The Morgan fingerprint density at radius 1 is 1.71 bits per heavy atom. The van der Waals surface area contributed by atoms with Crippen molar-refractivity contribution < 1.29 is 5.11 Å². The fourth-order valence-corrected chi connectivity index (χ4v) is 4.31. The molecule has 96 valence electrons. The summed E-state index contributed by atoms with van der Waals surface area (Å²) in [4.78, 5) is 3.65. The van der Waals surface area contributed by atoms with Gasteiger partial charge in [0.15, 0.2) is 0 Å². The second kappa shape index (κ2) is 5.80. The molecule has 0 aromatic carbocycles. The van der Waals surface area contributed by atoms with Crippen LogP contribution >= 0.6 is 27.3 Å². The van der Waals surface area contributed by atoms with Crippen molar-refractivity contribution in [1.29, 1.82) is 0 Å². The Bertz CT molecular complexity index is 369. The van der Waals surface area contributed by atoms with Crippen molar-refractivity contribution in [3.05, 3.63) is 20.8 Å². The topological polar surface area (TPSA) is 49.5 Å². The normalized spacial score (nSPS) is 25.1. The summed E-state index contributed by atoms with van der Waals surface area (Å²) in [7, 11) is 0. The van der Waals surface area contributed by atoms with Crippen molar-refractivity contribution in [3.63, 3.8) is 0 Å². The molecule has 3 unspecified atom stereocenters. The molecule has 2 heterocycles. The summed E-state index contributed by atoms with van der Waals surface area (Å²) in [6, 6.07) is 2.72. The highest BCUT2D eigenvalue weighted by atomic mass is 79.9. The SMILES string of the molecule is CC(N)C(c1cc(Br)cs1)N1CCCC1CO. The Morgan fingerprint density at radius 2 is 2.47 bits per heavy atom. The molecule has 1 fully saturated rings. The molecule has 1 saturated heterocycles. The maximum absolute atomic E-state index is 9.43. The van der Waals surface area contributed by atoms with Gasteiger partial charge in [-0.2, -0.15) is 0 Å². The van der Waals surface area contributed by atoms with Gasteiger partial charge in [-0.3, -0.25) is 4.90 Å². The molecule has 1 aliphatic heterocycles. The number of halogens is 1. The lowest BCUT2D eigenvalue weighted by Crippen LogP contribution is -2.43. The molecule has 1 aromatic rings. The third-order valence-electron chi connectivity index (χ3n) is 3.37. The van der Waals surface area contributed by atoms with Gasteiger partial charge >= 0.3 is 0 Å². The summed E-state index contributed by atoms with van der Waals surface area (Å²) in [6.07, 6.45) is 2.23. The standard InChI is InChI=1S/C12H19BrN2OS/c1-8(14)12(11-5-9(13)7-17-11)15-4-2-3-10(15)6-16/h5,7-8,10,12,16H,2-4,6,14H2,1H3. The van der Waals surface area contributed by atoms with Crippen molar-refractivity contribution in [2.45, 2.75) is 37.9 Å². The van der Waals surface area contributed by atoms with E-state index in [4.69, 9.17) is 5.73 Å². The van der Waals surface area contributed by atoms with E-state index >= 15 is 0 Å². The van der Waals surface area contributed by atoms with Crippen LogP contribution in [0.15, 0.2) is 15.9 Å². The second-order valence-electron chi connectivity index (χ2n) is 4.69. The lowest BCUT2D eigenvalue weighted by Gasteiger charge is -2.34. The zero-order valence-corrected chi connectivity index (χ0v) is 12.4. The van der Waals surface area contributed by atoms with Crippen molar-refractivity contribution >= 4 is 27.3 Å². The molecular weight excluding hydrogens is 300 g/mol. The summed E-state index contributed by atoms with van der Waals surface area (Å²) in [6.45, 7) is 3.31. The average Bonchev–Trinajstić information content (AvgIpc) is 2.88. The monoisotopic (exact) mass is 318 g/mol. The molecular formula is C12H19BrN2OS. The van der Waals surface area contributed by atoms with E-state index in [1.165, 1.54) is 4.88 Å². The summed E-state index contributed by atoms with van der Waals surface area (Å²) < 4.78 is 1.11. The highest BCUT2D eigenvalue weighted by Crippen LogP contribution is 2.35. The molecule has 1 aliphatic rings. The van der Waals surface area contributed by atoms with Crippen LogP contribution < -0.4 is 5.73 Å². The van der Waals surface area contributed by atoms with Crippen LogP contribution in [-0.4, -0.2) is 35.2 Å². The predicted molar refractivity (Wildman–Crippen MR) is 75.2 cm³/mol. The summed E-state index contributed by atoms with van der Waals surface area (Å²) in [5.41, 5.74) is 6.14. The molecule has 2 rings (SSSR count). The number of hydrogen-bond donors (Lipinski definition) is 2. The van der Waals surface area contributed by atoms with Gasteiger partial charge in [-0.1, -0.05) is 0 Å². The first-order valence-corrected chi connectivity index (χ1v) is 7.67. The Kier molecular flexibility index (Phi) is 4.60. The molecule has 3 N–H and O–H groups in total. The largest absolute Gasteiger partial charge is 0.395 e. The van der Waals surface area contributed by atoms with Gasteiger partial charge in [0.05, 0.1) is 12.6 Å². The number of aliphatic hydroxyl groups excluding tert-OH is 1. The molecule has 0 spiro atoms. The number of nitrogens with two attached hydrogens (primary N) is 1. The number of likely N-dealkylation sites (tertiary alicyclic amines) is 1. The zero-order valence-electron chi connectivity index (χ0n) is 9.97. The van der Waals surface area contributed by atoms with E-state index in [0.717, 1.165) is 23.9 Å². The molecule has 5 heteroatoms. The number of aliphatic hydroxyl groups is 1. The van der Waals surface area contributed by atoms with E-state index in [9.17, 15) is 5.11 Å². The number of thiophene rings is 1. The third kappa shape index (κ3) is 2.90. The van der Waals surface area contributed by atoms with Crippen LogP contribution in [-0.2, 0) is 0 Å². The molecule has 0 saturated carbocycles. The fourth-order valence-electron chi connectivity index (χ4n) is 2.63. The minimum atomic E-state index is 0.0766. The summed E-state index contributed by atoms with van der Waals surface area (Å²) in [5, 5.41) is 11.5. The van der Waals surface area contributed by atoms with E-state index in [0.29, 0.717) is 0 Å². The molecule has 3 nitrogen and oxygen atoms in total. The van der Waals surface area contributed by atoms with Gasteiger partial charge in [0, 0.05) is 26.8 Å². The van der Waals surface area contributed by atoms with Crippen LogP contribution in [0.2, 0.25) is 0 Å². The summed E-state index contributed by atoms with van der Waals surface area (Å²) in [5.74, 6) is 0. The van der Waals surface area contributed by atoms with Crippen molar-refractivity contribution in [1.82, 2.24) is 4.90 Å². The van der Waals surface area contributed by atoms with Crippen LogP contribution in [0, 0.1) is 0 Å². The van der Waals surface area contributed by atoms with Gasteiger partial charge in [0.2, 0.25) is 0 Å². The van der Waals surface area contributed by atoms with Crippen LogP contribution in [0.25, 0.3) is 0 Å². The minimum absolute atomic E-state index is 0.0766. The van der Waals surface area contributed by atoms with Gasteiger partial charge in [0.25, 0.3) is 0 Å². The van der Waals surface area contributed by atoms with E-state index in [2.05, 4.69) is 32.3 Å². The average molecular weight is 319 g/mol. The van der Waals surface area contributed by atoms with Crippen LogP contribution in [0.4, 0.5) is 0 Å². The van der Waals surface area contributed by atoms with E-state index in [1.54, 1.807) is 11.3 Å². The van der Waals surface area contributed by atoms with Gasteiger partial charge < -0.3 is 10.8 Å². The first-order valence-electron chi connectivity index (χ1n) is 5.99. The van der Waals surface area contributed by atoms with E-state index in [-0.39, 0.29) is 24.7 Å². The Labute approximate surface area is 115 Å². The van der Waals surface area contributed by atoms with Gasteiger partial charge in [-0.25, -0.2) is 0 Å². The Morgan fingerprint density at radius 3 is 3.00 bits per heavy atom. The first kappa shape index (κ1) is 13.5. The number of rotatable bonds is 4. The Hall–Kier alpha value is 0.0600. The van der Waals surface area contributed by atoms with Crippen molar-refractivity contribution in [3.8, 4) is 0 Å². The highest BCUT2D eigenvalue weighted by molar-refractivity contribution is 9.10. The maximum atomic E-state index is 9.43.